The molecule has 1 rings (SSSR count). The van der Waals surface area contributed by atoms with E-state index in [-0.39, 0.29) is 12.4 Å². The first-order valence-electron chi connectivity index (χ1n) is 5.05. The molecule has 0 radical (unpaired) electrons. The summed E-state index contributed by atoms with van der Waals surface area (Å²) in [5, 5.41) is 0. The maximum absolute atomic E-state index is 10.9. The molecule has 16 heavy (non-hydrogen) atoms. The van der Waals surface area contributed by atoms with Gasteiger partial charge in [-0.1, -0.05) is 18.2 Å². The Labute approximate surface area is 95.7 Å². The molecule has 0 unspecified atom stereocenters. The number of ether oxygens (including phenoxy) is 2. The average molecular weight is 220 g/mol. The highest BCUT2D eigenvalue weighted by Crippen LogP contribution is 2.18. The van der Waals surface area contributed by atoms with E-state index < -0.39 is 0 Å². The smallest absolute Gasteiger partial charge is 0.309 e. The fourth-order valence-corrected chi connectivity index (χ4v) is 1.29. The molecule has 0 amide bonds. The molecule has 0 atom stereocenters. The van der Waals surface area contributed by atoms with Crippen molar-refractivity contribution in [3.63, 3.8) is 0 Å². The van der Waals surface area contributed by atoms with Crippen molar-refractivity contribution in [1.82, 2.24) is 0 Å². The minimum absolute atomic E-state index is 0.239. The molecule has 0 aliphatic rings. The van der Waals surface area contributed by atoms with Crippen molar-refractivity contribution >= 4 is 12.0 Å². The molecule has 0 spiro atoms. The van der Waals surface area contributed by atoms with Crippen LogP contribution in [0.2, 0.25) is 0 Å². The first-order chi connectivity index (χ1) is 7.67. The lowest BCUT2D eigenvalue weighted by Gasteiger charge is -2.04. The van der Waals surface area contributed by atoms with Crippen molar-refractivity contribution in [2.24, 2.45) is 0 Å². The van der Waals surface area contributed by atoms with Crippen LogP contribution in [0.4, 0.5) is 0 Å². The first kappa shape index (κ1) is 12.3. The summed E-state index contributed by atoms with van der Waals surface area (Å²) in [7, 11) is 3.01. The second-order valence-electron chi connectivity index (χ2n) is 3.41. The van der Waals surface area contributed by atoms with E-state index in [1.165, 1.54) is 7.11 Å². The van der Waals surface area contributed by atoms with E-state index in [4.69, 9.17) is 4.74 Å². The van der Waals surface area contributed by atoms with Gasteiger partial charge in [0.15, 0.2) is 0 Å². The molecule has 0 aliphatic carbocycles. The summed E-state index contributed by atoms with van der Waals surface area (Å²) in [6, 6.07) is 5.83. The molecule has 0 heterocycles. The monoisotopic (exact) mass is 220 g/mol. The third kappa shape index (κ3) is 3.42. The zero-order valence-electron chi connectivity index (χ0n) is 9.82. The summed E-state index contributed by atoms with van der Waals surface area (Å²) >= 11 is 0. The van der Waals surface area contributed by atoms with E-state index in [1.54, 1.807) is 13.2 Å². The van der Waals surface area contributed by atoms with E-state index in [2.05, 4.69) is 4.74 Å². The van der Waals surface area contributed by atoms with Crippen molar-refractivity contribution in [3.05, 3.63) is 35.4 Å². The number of methoxy groups -OCH3 is 2. The van der Waals surface area contributed by atoms with E-state index >= 15 is 0 Å². The molecule has 3 heteroatoms. The van der Waals surface area contributed by atoms with Crippen LogP contribution in [0.25, 0.3) is 6.08 Å². The van der Waals surface area contributed by atoms with Crippen LogP contribution in [0.5, 0.6) is 5.75 Å². The molecule has 0 aliphatic heterocycles. The molecule has 1 aromatic rings. The molecule has 3 nitrogen and oxygen atoms in total. The summed E-state index contributed by atoms with van der Waals surface area (Å²) in [6.07, 6.45) is 3.97. The van der Waals surface area contributed by atoms with Gasteiger partial charge in [0, 0.05) is 0 Å². The van der Waals surface area contributed by atoms with Crippen LogP contribution < -0.4 is 4.74 Å². The van der Waals surface area contributed by atoms with Gasteiger partial charge in [0.05, 0.1) is 20.6 Å². The highest BCUT2D eigenvalue weighted by atomic mass is 16.5. The summed E-state index contributed by atoms with van der Waals surface area (Å²) in [5.41, 5.74) is 2.19. The number of rotatable bonds is 4. The van der Waals surface area contributed by atoms with Gasteiger partial charge < -0.3 is 9.47 Å². The van der Waals surface area contributed by atoms with Crippen molar-refractivity contribution in [3.8, 4) is 5.75 Å². The quantitative estimate of drug-likeness (QED) is 0.731. The predicted molar refractivity (Wildman–Crippen MR) is 63.4 cm³/mol. The van der Waals surface area contributed by atoms with E-state index in [0.717, 1.165) is 16.9 Å². The molecule has 1 aromatic carbocycles. The standard InChI is InChI=1S/C13H16O3/c1-10-7-8-12(15-2)9-11(10)5-4-6-13(14)16-3/h4-5,7-9H,6H2,1-3H3. The van der Waals surface area contributed by atoms with Gasteiger partial charge in [0.1, 0.15) is 5.75 Å². The second kappa shape index (κ2) is 5.95. The number of carbonyl (C=O) groups is 1. The highest BCUT2D eigenvalue weighted by Gasteiger charge is 1.98. The molecule has 0 saturated heterocycles. The zero-order valence-corrected chi connectivity index (χ0v) is 9.82. The van der Waals surface area contributed by atoms with Gasteiger partial charge >= 0.3 is 5.97 Å². The lowest BCUT2D eigenvalue weighted by molar-refractivity contribution is -0.139. The van der Waals surface area contributed by atoms with Gasteiger partial charge in [-0.15, -0.1) is 0 Å². The van der Waals surface area contributed by atoms with Crippen molar-refractivity contribution in [2.45, 2.75) is 13.3 Å². The average Bonchev–Trinajstić information content (AvgIpc) is 2.31. The van der Waals surface area contributed by atoms with Crippen LogP contribution >= 0.6 is 0 Å². The molecule has 0 saturated carbocycles. The topological polar surface area (TPSA) is 35.5 Å². The fourth-order valence-electron chi connectivity index (χ4n) is 1.29. The molecule has 0 aromatic heterocycles. The number of hydrogen-bond acceptors (Lipinski definition) is 3. The van der Waals surface area contributed by atoms with Gasteiger partial charge in [-0.3, -0.25) is 4.79 Å². The summed E-state index contributed by atoms with van der Waals surface area (Å²) in [4.78, 5) is 10.9. The van der Waals surface area contributed by atoms with Gasteiger partial charge in [0.25, 0.3) is 0 Å². The molecule has 86 valence electrons. The Morgan fingerprint density at radius 2 is 2.12 bits per heavy atom. The van der Waals surface area contributed by atoms with Gasteiger partial charge in [0.2, 0.25) is 0 Å². The molecular weight excluding hydrogens is 204 g/mol. The first-order valence-corrected chi connectivity index (χ1v) is 5.05. The highest BCUT2D eigenvalue weighted by molar-refractivity contribution is 5.72. The minimum Gasteiger partial charge on any atom is -0.497 e. The fraction of sp³-hybridized carbons (Fsp3) is 0.308. The Kier molecular flexibility index (Phi) is 4.58. The summed E-state index contributed by atoms with van der Waals surface area (Å²) in [6.45, 7) is 2.01. The van der Waals surface area contributed by atoms with Crippen molar-refractivity contribution in [1.29, 1.82) is 0 Å². The molecule has 0 fully saturated rings. The number of benzene rings is 1. The molecule has 0 bridgehead atoms. The third-order valence-corrected chi connectivity index (χ3v) is 2.30. The van der Waals surface area contributed by atoms with Crippen LogP contribution in [0.15, 0.2) is 24.3 Å². The maximum Gasteiger partial charge on any atom is 0.309 e. The lowest BCUT2D eigenvalue weighted by Crippen LogP contribution is -1.96. The van der Waals surface area contributed by atoms with E-state index in [9.17, 15) is 4.79 Å². The summed E-state index contributed by atoms with van der Waals surface area (Å²) in [5.74, 6) is 0.570. The number of esters is 1. The van der Waals surface area contributed by atoms with E-state index in [1.807, 2.05) is 31.2 Å². The second-order valence-corrected chi connectivity index (χ2v) is 3.41. The largest absolute Gasteiger partial charge is 0.497 e. The van der Waals surface area contributed by atoms with E-state index in [0.29, 0.717) is 0 Å². The zero-order chi connectivity index (χ0) is 12.0. The SMILES string of the molecule is COC(=O)CC=Cc1cc(OC)ccc1C. The third-order valence-electron chi connectivity index (χ3n) is 2.30. The Hall–Kier alpha value is -1.77. The predicted octanol–water partition coefficient (Wildman–Crippen LogP) is 2.58. The van der Waals surface area contributed by atoms with Gasteiger partial charge in [-0.05, 0) is 30.2 Å². The lowest BCUT2D eigenvalue weighted by atomic mass is 10.1. The Morgan fingerprint density at radius 1 is 1.38 bits per heavy atom. The van der Waals surface area contributed by atoms with Crippen LogP contribution in [0.3, 0.4) is 0 Å². The summed E-state index contributed by atoms with van der Waals surface area (Å²) < 4.78 is 9.68. The minimum atomic E-state index is -0.239. The Morgan fingerprint density at radius 3 is 2.75 bits per heavy atom. The maximum atomic E-state index is 10.9. The number of carbonyl (C=O) groups excluding carboxylic acids is 1. The molecule has 0 N–H and O–H groups in total. The van der Waals surface area contributed by atoms with Crippen LogP contribution in [0, 0.1) is 6.92 Å². The van der Waals surface area contributed by atoms with Gasteiger partial charge in [-0.2, -0.15) is 0 Å². The van der Waals surface area contributed by atoms with Crippen LogP contribution in [-0.2, 0) is 9.53 Å². The van der Waals surface area contributed by atoms with Crippen LogP contribution in [0.1, 0.15) is 17.5 Å². The number of aryl methyl sites for hydroxylation is 1. The van der Waals surface area contributed by atoms with Gasteiger partial charge in [-0.25, -0.2) is 0 Å². The number of hydrogen-bond donors (Lipinski definition) is 0. The normalized spacial score (nSPS) is 10.4. The van der Waals surface area contributed by atoms with Crippen molar-refractivity contribution in [2.75, 3.05) is 14.2 Å². The Bertz CT molecular complexity index is 394. The molecular formula is C13H16O3. The van der Waals surface area contributed by atoms with Crippen molar-refractivity contribution < 1.29 is 14.3 Å². The van der Waals surface area contributed by atoms with Crippen LogP contribution in [-0.4, -0.2) is 20.2 Å². The Balaban J connectivity index is 2.75.